The maximum atomic E-state index is 12.3. The summed E-state index contributed by atoms with van der Waals surface area (Å²) in [5.41, 5.74) is 1.68. The van der Waals surface area contributed by atoms with E-state index in [0.29, 0.717) is 28.9 Å². The Kier molecular flexibility index (Phi) is 8.28. The quantitative estimate of drug-likeness (QED) is 0.338. The van der Waals surface area contributed by atoms with Gasteiger partial charge >= 0.3 is 12.0 Å². The van der Waals surface area contributed by atoms with Gasteiger partial charge in [0.1, 0.15) is 5.54 Å². The van der Waals surface area contributed by atoms with Gasteiger partial charge in [0, 0.05) is 17.8 Å². The van der Waals surface area contributed by atoms with Gasteiger partial charge in [-0.15, -0.1) is 11.3 Å². The minimum absolute atomic E-state index is 0.167. The van der Waals surface area contributed by atoms with Gasteiger partial charge < -0.3 is 15.4 Å². The molecule has 0 atom stereocenters. The number of urea groups is 1. The maximum Gasteiger partial charge on any atom is 0.325 e. The highest BCUT2D eigenvalue weighted by molar-refractivity contribution is 7.15. The normalized spacial score (nSPS) is 14.9. The Bertz CT molecular complexity index is 1200. The lowest BCUT2D eigenvalue weighted by atomic mass is 9.92. The van der Waals surface area contributed by atoms with Crippen LogP contribution >= 0.6 is 22.9 Å². The van der Waals surface area contributed by atoms with Gasteiger partial charge in [0.2, 0.25) is 0 Å². The van der Waals surface area contributed by atoms with E-state index in [1.807, 2.05) is 63.4 Å². The van der Waals surface area contributed by atoms with Crippen LogP contribution in [0.2, 0.25) is 5.02 Å². The number of anilines is 2. The number of carbonyl (C=O) groups is 2. The Hall–Kier alpha value is -2.94. The molecule has 0 saturated carbocycles. The van der Waals surface area contributed by atoms with E-state index in [9.17, 15) is 9.59 Å². The predicted molar refractivity (Wildman–Crippen MR) is 146 cm³/mol. The zero-order valence-electron chi connectivity index (χ0n) is 20.7. The lowest BCUT2D eigenvalue weighted by Crippen LogP contribution is -2.53. The van der Waals surface area contributed by atoms with Gasteiger partial charge in [0.05, 0.1) is 27.2 Å². The molecule has 3 aromatic rings. The van der Waals surface area contributed by atoms with Gasteiger partial charge in [-0.25, -0.2) is 9.78 Å². The third-order valence-corrected chi connectivity index (χ3v) is 8.02. The maximum absolute atomic E-state index is 12.3. The van der Waals surface area contributed by atoms with Crippen LogP contribution < -0.4 is 10.6 Å². The van der Waals surface area contributed by atoms with Crippen molar-refractivity contribution in [1.82, 2.24) is 9.88 Å². The summed E-state index contributed by atoms with van der Waals surface area (Å²) < 4.78 is 5.26. The summed E-state index contributed by atoms with van der Waals surface area (Å²) in [6.07, 6.45) is 3.83. The van der Waals surface area contributed by atoms with E-state index in [2.05, 4.69) is 15.5 Å². The van der Waals surface area contributed by atoms with Crippen LogP contribution in [0.1, 0.15) is 44.5 Å². The van der Waals surface area contributed by atoms with Gasteiger partial charge in [-0.2, -0.15) is 0 Å². The zero-order chi connectivity index (χ0) is 25.7. The first-order valence-electron chi connectivity index (χ1n) is 12.1. The molecule has 0 spiro atoms. The summed E-state index contributed by atoms with van der Waals surface area (Å²) in [5, 5.41) is 7.19. The summed E-state index contributed by atoms with van der Waals surface area (Å²) in [6.45, 7) is 7.78. The SMILES string of the molecule is CCOC(=O)C(C)(C)N1CCC(c2ncc(-c3ccc(NC(=O)Nc4ccccc4Cl)cc3)s2)CC1. The van der Waals surface area contributed by atoms with E-state index in [-0.39, 0.29) is 12.0 Å². The fourth-order valence-electron chi connectivity index (χ4n) is 4.30. The first kappa shape index (κ1) is 26.1. The lowest BCUT2D eigenvalue weighted by Gasteiger charge is -2.40. The minimum Gasteiger partial charge on any atom is -0.465 e. The molecule has 2 amide bonds. The zero-order valence-corrected chi connectivity index (χ0v) is 22.3. The molecule has 1 fully saturated rings. The number of piperidine rings is 1. The number of nitrogens with one attached hydrogen (secondary N) is 2. The Morgan fingerprint density at radius 3 is 2.47 bits per heavy atom. The van der Waals surface area contributed by atoms with Crippen molar-refractivity contribution in [2.24, 2.45) is 0 Å². The number of nitrogens with zero attached hydrogens (tertiary/aromatic N) is 2. The molecular weight excluding hydrogens is 496 g/mol. The summed E-state index contributed by atoms with van der Waals surface area (Å²) in [7, 11) is 0. The molecular formula is C27H31ClN4O3S. The number of esters is 1. The van der Waals surface area contributed by atoms with Crippen LogP contribution in [0.3, 0.4) is 0 Å². The number of thiazole rings is 1. The van der Waals surface area contributed by atoms with Crippen molar-refractivity contribution in [2.45, 2.75) is 45.1 Å². The predicted octanol–water partition coefficient (Wildman–Crippen LogP) is 6.63. The average molecular weight is 527 g/mol. The molecule has 1 aliphatic heterocycles. The van der Waals surface area contributed by atoms with E-state index < -0.39 is 5.54 Å². The molecule has 0 unspecified atom stereocenters. The molecule has 36 heavy (non-hydrogen) atoms. The number of ether oxygens (including phenoxy) is 1. The Balaban J connectivity index is 1.33. The Labute approximate surface area is 220 Å². The van der Waals surface area contributed by atoms with Gasteiger partial charge in [-0.05, 0) is 76.5 Å². The largest absolute Gasteiger partial charge is 0.465 e. The highest BCUT2D eigenvalue weighted by Crippen LogP contribution is 2.36. The minimum atomic E-state index is -0.616. The van der Waals surface area contributed by atoms with Gasteiger partial charge in [0.25, 0.3) is 0 Å². The molecule has 2 aromatic carbocycles. The topological polar surface area (TPSA) is 83.6 Å². The van der Waals surface area contributed by atoms with Crippen molar-refractivity contribution in [1.29, 1.82) is 0 Å². The van der Waals surface area contributed by atoms with Crippen molar-refractivity contribution < 1.29 is 14.3 Å². The molecule has 7 nitrogen and oxygen atoms in total. The van der Waals surface area contributed by atoms with E-state index in [1.165, 1.54) is 0 Å². The number of hydrogen-bond acceptors (Lipinski definition) is 6. The molecule has 2 N–H and O–H groups in total. The molecule has 1 aromatic heterocycles. The second-order valence-corrected chi connectivity index (χ2v) is 10.7. The van der Waals surface area contributed by atoms with E-state index >= 15 is 0 Å². The number of benzene rings is 2. The van der Waals surface area contributed by atoms with Gasteiger partial charge in [0.15, 0.2) is 0 Å². The van der Waals surface area contributed by atoms with Crippen LogP contribution in [-0.2, 0) is 9.53 Å². The van der Waals surface area contributed by atoms with Gasteiger partial charge in [-0.3, -0.25) is 9.69 Å². The van der Waals surface area contributed by atoms with Crippen molar-refractivity contribution in [3.05, 3.63) is 64.8 Å². The Morgan fingerprint density at radius 2 is 1.81 bits per heavy atom. The molecule has 0 radical (unpaired) electrons. The summed E-state index contributed by atoms with van der Waals surface area (Å²) in [6, 6.07) is 14.4. The van der Waals surface area contributed by atoms with Crippen LogP contribution in [0.5, 0.6) is 0 Å². The molecule has 190 valence electrons. The smallest absolute Gasteiger partial charge is 0.325 e. The summed E-state index contributed by atoms with van der Waals surface area (Å²) in [5.74, 6) is 0.215. The number of para-hydroxylation sites is 1. The number of hydrogen-bond donors (Lipinski definition) is 2. The molecule has 1 aliphatic rings. The monoisotopic (exact) mass is 526 g/mol. The van der Waals surface area contributed by atoms with Crippen molar-refractivity contribution in [2.75, 3.05) is 30.3 Å². The van der Waals surface area contributed by atoms with Crippen molar-refractivity contribution in [3.63, 3.8) is 0 Å². The van der Waals surface area contributed by atoms with E-state index in [1.54, 1.807) is 23.5 Å². The van der Waals surface area contributed by atoms with E-state index in [4.69, 9.17) is 21.3 Å². The Morgan fingerprint density at radius 1 is 1.11 bits per heavy atom. The number of amides is 2. The van der Waals surface area contributed by atoms with E-state index in [0.717, 1.165) is 41.4 Å². The third kappa shape index (κ3) is 6.06. The highest BCUT2D eigenvalue weighted by atomic mass is 35.5. The summed E-state index contributed by atoms with van der Waals surface area (Å²) >= 11 is 7.80. The van der Waals surface area contributed by atoms with Crippen LogP contribution in [0.4, 0.5) is 16.2 Å². The molecule has 2 heterocycles. The standard InChI is InChI=1S/C27H31ClN4O3S/c1-4-35-25(33)27(2,3)32-15-13-19(14-16-32)24-29-17-23(36-24)18-9-11-20(12-10-18)30-26(34)31-22-8-6-5-7-21(22)28/h5-12,17,19H,4,13-16H2,1-3H3,(H2,30,31,34). The highest BCUT2D eigenvalue weighted by Gasteiger charge is 2.38. The molecule has 0 aliphatic carbocycles. The lowest BCUT2D eigenvalue weighted by molar-refractivity contribution is -0.156. The number of likely N-dealkylation sites (tertiary alicyclic amines) is 1. The fraction of sp³-hybridized carbons (Fsp3) is 0.370. The second kappa shape index (κ2) is 11.4. The van der Waals surface area contributed by atoms with Crippen molar-refractivity contribution in [3.8, 4) is 10.4 Å². The first-order valence-corrected chi connectivity index (χ1v) is 13.3. The van der Waals surface area contributed by atoms with Crippen molar-refractivity contribution >= 4 is 46.3 Å². The molecule has 4 rings (SSSR count). The number of halogens is 1. The fourth-order valence-corrected chi connectivity index (χ4v) is 5.57. The van der Waals surface area contributed by atoms with Crippen LogP contribution in [0, 0.1) is 0 Å². The molecule has 1 saturated heterocycles. The molecule has 9 heteroatoms. The van der Waals surface area contributed by atoms with Crippen LogP contribution in [-0.4, -0.2) is 47.1 Å². The second-order valence-electron chi connectivity index (χ2n) is 9.24. The van der Waals surface area contributed by atoms with Crippen LogP contribution in [0.25, 0.3) is 10.4 Å². The number of aromatic nitrogens is 1. The first-order chi connectivity index (χ1) is 17.3. The van der Waals surface area contributed by atoms with Crippen LogP contribution in [0.15, 0.2) is 54.7 Å². The number of carbonyl (C=O) groups excluding carboxylic acids is 2. The molecule has 0 bridgehead atoms. The summed E-state index contributed by atoms with van der Waals surface area (Å²) in [4.78, 5) is 32.7. The number of rotatable bonds is 7. The average Bonchev–Trinajstić information content (AvgIpc) is 3.36. The van der Waals surface area contributed by atoms with Gasteiger partial charge in [-0.1, -0.05) is 35.9 Å². The third-order valence-electron chi connectivity index (χ3n) is 6.48.